The van der Waals surface area contributed by atoms with Crippen molar-refractivity contribution in [3.63, 3.8) is 0 Å². The summed E-state index contributed by atoms with van der Waals surface area (Å²) < 4.78 is 0. The normalized spacial score (nSPS) is 18.0. The summed E-state index contributed by atoms with van der Waals surface area (Å²) in [4.78, 5) is 0. The van der Waals surface area contributed by atoms with E-state index in [2.05, 4.69) is 34.6 Å². The number of nitrogens with two attached hydrogens (primary N) is 1. The van der Waals surface area contributed by atoms with Crippen LogP contribution in [0.5, 0.6) is 0 Å². The molecular weight excluding hydrogens is 134 g/mol. The maximum atomic E-state index is 6.01. The molecule has 0 spiro atoms. The Kier molecular flexibility index (Phi) is 4.09. The zero-order chi connectivity index (χ0) is 9.07. The van der Waals surface area contributed by atoms with Gasteiger partial charge in [-0.2, -0.15) is 0 Å². The highest BCUT2D eigenvalue weighted by atomic mass is 14.7. The van der Waals surface area contributed by atoms with E-state index in [1.165, 1.54) is 6.42 Å². The molecule has 0 radical (unpaired) electrons. The standard InChI is InChI=1S/C10H23N/c1-6-7-9(11)8(2)10(3,4)5/h8-9H,6-7,11H2,1-5H3/t8-,9?/m0/s1. The van der Waals surface area contributed by atoms with Crippen LogP contribution in [0.2, 0.25) is 0 Å². The van der Waals surface area contributed by atoms with E-state index in [4.69, 9.17) is 5.73 Å². The van der Waals surface area contributed by atoms with Gasteiger partial charge in [0.05, 0.1) is 0 Å². The Hall–Kier alpha value is -0.0400. The third kappa shape index (κ3) is 3.76. The van der Waals surface area contributed by atoms with Crippen molar-refractivity contribution in [1.29, 1.82) is 0 Å². The molecule has 0 amide bonds. The molecule has 11 heavy (non-hydrogen) atoms. The summed E-state index contributed by atoms with van der Waals surface area (Å²) in [5, 5.41) is 0. The molecular formula is C10H23N. The van der Waals surface area contributed by atoms with Gasteiger partial charge in [0.25, 0.3) is 0 Å². The van der Waals surface area contributed by atoms with E-state index >= 15 is 0 Å². The van der Waals surface area contributed by atoms with Gasteiger partial charge in [0, 0.05) is 6.04 Å². The molecule has 0 rings (SSSR count). The molecule has 1 heteroatoms. The molecule has 0 aromatic heterocycles. The Morgan fingerprint density at radius 2 is 1.73 bits per heavy atom. The Morgan fingerprint density at radius 1 is 1.27 bits per heavy atom. The second-order valence-corrected chi connectivity index (χ2v) is 4.61. The number of hydrogen-bond donors (Lipinski definition) is 1. The van der Waals surface area contributed by atoms with E-state index in [0.29, 0.717) is 17.4 Å². The minimum absolute atomic E-state index is 0.356. The Labute approximate surface area is 71.4 Å². The summed E-state index contributed by atoms with van der Waals surface area (Å²) in [5.74, 6) is 0.613. The van der Waals surface area contributed by atoms with Crippen molar-refractivity contribution in [2.24, 2.45) is 17.1 Å². The molecule has 2 N–H and O–H groups in total. The Bertz CT molecular complexity index is 102. The van der Waals surface area contributed by atoms with Gasteiger partial charge in [0.15, 0.2) is 0 Å². The van der Waals surface area contributed by atoms with Gasteiger partial charge in [-0.1, -0.05) is 41.0 Å². The fourth-order valence-electron chi connectivity index (χ4n) is 1.23. The van der Waals surface area contributed by atoms with Crippen LogP contribution in [0.15, 0.2) is 0 Å². The SMILES string of the molecule is CCCC(N)[C@H](C)C(C)(C)C. The summed E-state index contributed by atoms with van der Waals surface area (Å²) in [5.41, 5.74) is 6.37. The van der Waals surface area contributed by atoms with Crippen LogP contribution in [0.3, 0.4) is 0 Å². The van der Waals surface area contributed by atoms with Gasteiger partial charge < -0.3 is 5.73 Å². The summed E-state index contributed by atoms with van der Waals surface area (Å²) in [6.07, 6.45) is 2.35. The molecule has 0 aromatic carbocycles. The fourth-order valence-corrected chi connectivity index (χ4v) is 1.23. The lowest BCUT2D eigenvalue weighted by Gasteiger charge is -2.32. The van der Waals surface area contributed by atoms with Gasteiger partial charge in [-0.05, 0) is 17.8 Å². The van der Waals surface area contributed by atoms with E-state index in [-0.39, 0.29) is 0 Å². The first-order valence-electron chi connectivity index (χ1n) is 4.65. The second-order valence-electron chi connectivity index (χ2n) is 4.61. The topological polar surface area (TPSA) is 26.0 Å². The van der Waals surface area contributed by atoms with Gasteiger partial charge in [0.1, 0.15) is 0 Å². The lowest BCUT2D eigenvalue weighted by Crippen LogP contribution is -2.36. The Morgan fingerprint density at radius 3 is 2.00 bits per heavy atom. The molecule has 0 fully saturated rings. The first-order valence-corrected chi connectivity index (χ1v) is 4.65. The van der Waals surface area contributed by atoms with Crippen LogP contribution < -0.4 is 5.73 Å². The molecule has 0 aromatic rings. The lowest BCUT2D eigenvalue weighted by atomic mass is 9.77. The van der Waals surface area contributed by atoms with Gasteiger partial charge in [-0.3, -0.25) is 0 Å². The van der Waals surface area contributed by atoms with Crippen LogP contribution in [0, 0.1) is 11.3 Å². The molecule has 0 aliphatic heterocycles. The van der Waals surface area contributed by atoms with Crippen LogP contribution in [0.4, 0.5) is 0 Å². The highest BCUT2D eigenvalue weighted by Gasteiger charge is 2.24. The maximum Gasteiger partial charge on any atom is 0.00694 e. The summed E-state index contributed by atoms with van der Waals surface area (Å²) in [6.45, 7) is 11.2. The first-order chi connectivity index (χ1) is 4.89. The van der Waals surface area contributed by atoms with E-state index in [9.17, 15) is 0 Å². The lowest BCUT2D eigenvalue weighted by molar-refractivity contribution is 0.214. The summed E-state index contributed by atoms with van der Waals surface area (Å²) >= 11 is 0. The Balaban J connectivity index is 3.91. The fraction of sp³-hybridized carbons (Fsp3) is 1.00. The highest BCUT2D eigenvalue weighted by Crippen LogP contribution is 2.28. The number of rotatable bonds is 3. The molecule has 0 saturated carbocycles. The molecule has 0 aliphatic carbocycles. The summed E-state index contributed by atoms with van der Waals surface area (Å²) in [7, 11) is 0. The predicted molar refractivity (Wildman–Crippen MR) is 51.5 cm³/mol. The van der Waals surface area contributed by atoms with Crippen LogP contribution >= 0.6 is 0 Å². The van der Waals surface area contributed by atoms with Crippen molar-refractivity contribution in [2.75, 3.05) is 0 Å². The molecule has 0 bridgehead atoms. The van der Waals surface area contributed by atoms with Crippen LogP contribution in [0.25, 0.3) is 0 Å². The monoisotopic (exact) mass is 157 g/mol. The van der Waals surface area contributed by atoms with Gasteiger partial charge in [0.2, 0.25) is 0 Å². The van der Waals surface area contributed by atoms with E-state index in [0.717, 1.165) is 6.42 Å². The van der Waals surface area contributed by atoms with Gasteiger partial charge in [-0.15, -0.1) is 0 Å². The predicted octanol–water partition coefficient (Wildman–Crippen LogP) is 2.80. The maximum absolute atomic E-state index is 6.01. The minimum Gasteiger partial charge on any atom is -0.327 e. The average molecular weight is 157 g/mol. The zero-order valence-corrected chi connectivity index (χ0v) is 8.65. The minimum atomic E-state index is 0.356. The molecule has 68 valence electrons. The largest absolute Gasteiger partial charge is 0.327 e. The third-order valence-corrected chi connectivity index (χ3v) is 2.63. The van der Waals surface area contributed by atoms with E-state index in [1.807, 2.05) is 0 Å². The quantitative estimate of drug-likeness (QED) is 0.670. The van der Waals surface area contributed by atoms with Crippen molar-refractivity contribution in [3.8, 4) is 0 Å². The molecule has 0 heterocycles. The van der Waals surface area contributed by atoms with E-state index in [1.54, 1.807) is 0 Å². The molecule has 1 unspecified atom stereocenters. The summed E-state index contributed by atoms with van der Waals surface area (Å²) in [6, 6.07) is 0.375. The third-order valence-electron chi connectivity index (χ3n) is 2.63. The molecule has 0 saturated heterocycles. The van der Waals surface area contributed by atoms with Gasteiger partial charge in [-0.25, -0.2) is 0 Å². The van der Waals surface area contributed by atoms with Gasteiger partial charge >= 0.3 is 0 Å². The second kappa shape index (κ2) is 4.10. The van der Waals surface area contributed by atoms with Crippen LogP contribution in [-0.4, -0.2) is 6.04 Å². The van der Waals surface area contributed by atoms with Crippen LogP contribution in [0.1, 0.15) is 47.5 Å². The smallest absolute Gasteiger partial charge is 0.00694 e. The average Bonchev–Trinajstić information content (AvgIpc) is 1.85. The van der Waals surface area contributed by atoms with Crippen molar-refractivity contribution < 1.29 is 0 Å². The van der Waals surface area contributed by atoms with Crippen molar-refractivity contribution in [1.82, 2.24) is 0 Å². The highest BCUT2D eigenvalue weighted by molar-refractivity contribution is 4.78. The molecule has 0 aliphatic rings. The molecule has 1 nitrogen and oxygen atoms in total. The number of hydrogen-bond acceptors (Lipinski definition) is 1. The zero-order valence-electron chi connectivity index (χ0n) is 8.65. The molecule has 2 atom stereocenters. The van der Waals surface area contributed by atoms with Crippen molar-refractivity contribution in [2.45, 2.75) is 53.5 Å². The van der Waals surface area contributed by atoms with E-state index < -0.39 is 0 Å². The van der Waals surface area contributed by atoms with Crippen molar-refractivity contribution in [3.05, 3.63) is 0 Å². The van der Waals surface area contributed by atoms with Crippen molar-refractivity contribution >= 4 is 0 Å². The first kappa shape index (κ1) is 11.0. The van der Waals surface area contributed by atoms with Crippen LogP contribution in [-0.2, 0) is 0 Å².